The SMILES string of the molecule is NCCC1CC(CC(=O)[O-])OC2(CCCCC2)O1. The second kappa shape index (κ2) is 5.99. The van der Waals surface area contributed by atoms with Crippen LogP contribution in [-0.2, 0) is 14.3 Å². The predicted octanol–water partition coefficient (Wildman–Crippen LogP) is 0.310. The fourth-order valence-corrected chi connectivity index (χ4v) is 3.02. The zero-order valence-corrected chi connectivity index (χ0v) is 10.7. The van der Waals surface area contributed by atoms with Gasteiger partial charge >= 0.3 is 0 Å². The Morgan fingerprint density at radius 3 is 2.50 bits per heavy atom. The van der Waals surface area contributed by atoms with Crippen molar-refractivity contribution in [2.24, 2.45) is 5.73 Å². The summed E-state index contributed by atoms with van der Waals surface area (Å²) in [6, 6.07) is 0. The number of ether oxygens (including phenoxy) is 2. The lowest BCUT2D eigenvalue weighted by atomic mass is 9.91. The van der Waals surface area contributed by atoms with E-state index in [1.54, 1.807) is 0 Å². The first-order chi connectivity index (χ1) is 8.63. The second-order valence-electron chi connectivity index (χ2n) is 5.34. The quantitative estimate of drug-likeness (QED) is 0.782. The van der Waals surface area contributed by atoms with Gasteiger partial charge in [0.1, 0.15) is 0 Å². The molecule has 0 bridgehead atoms. The van der Waals surface area contributed by atoms with Crippen LogP contribution in [0.4, 0.5) is 0 Å². The number of aliphatic carboxylic acids is 1. The van der Waals surface area contributed by atoms with E-state index in [9.17, 15) is 9.90 Å². The molecule has 0 radical (unpaired) electrons. The zero-order valence-electron chi connectivity index (χ0n) is 10.7. The van der Waals surface area contributed by atoms with Gasteiger partial charge < -0.3 is 25.1 Å². The standard InChI is InChI=1S/C13H23NO4/c14-7-4-10-8-11(9-12(15)16)18-13(17-10)5-2-1-3-6-13/h10-11H,1-9,14H2,(H,15,16)/p-1. The summed E-state index contributed by atoms with van der Waals surface area (Å²) in [4.78, 5) is 10.7. The van der Waals surface area contributed by atoms with E-state index in [2.05, 4.69) is 0 Å². The van der Waals surface area contributed by atoms with Crippen molar-refractivity contribution < 1.29 is 19.4 Å². The Kier molecular flexibility index (Phi) is 4.59. The van der Waals surface area contributed by atoms with E-state index >= 15 is 0 Å². The molecule has 2 fully saturated rings. The number of nitrogens with two attached hydrogens (primary N) is 1. The van der Waals surface area contributed by atoms with E-state index in [4.69, 9.17) is 15.2 Å². The highest BCUT2D eigenvalue weighted by atomic mass is 16.7. The lowest BCUT2D eigenvalue weighted by Crippen LogP contribution is -2.51. The van der Waals surface area contributed by atoms with Crippen LogP contribution in [0.15, 0.2) is 0 Å². The van der Waals surface area contributed by atoms with Crippen LogP contribution in [0, 0.1) is 0 Å². The second-order valence-corrected chi connectivity index (χ2v) is 5.34. The Bertz CT molecular complexity index is 289. The lowest BCUT2D eigenvalue weighted by Gasteiger charge is -2.47. The lowest BCUT2D eigenvalue weighted by molar-refractivity contribution is -0.339. The molecule has 2 aliphatic rings. The van der Waals surface area contributed by atoms with Gasteiger partial charge in [-0.3, -0.25) is 0 Å². The summed E-state index contributed by atoms with van der Waals surface area (Å²) in [5.74, 6) is -1.62. The van der Waals surface area contributed by atoms with Crippen molar-refractivity contribution in [2.45, 2.75) is 69.4 Å². The minimum absolute atomic E-state index is 0.0196. The number of hydrogen-bond acceptors (Lipinski definition) is 5. The molecule has 1 saturated carbocycles. The van der Waals surface area contributed by atoms with Crippen LogP contribution in [0.1, 0.15) is 51.4 Å². The molecule has 1 aliphatic carbocycles. The molecule has 0 aromatic heterocycles. The van der Waals surface area contributed by atoms with Crippen LogP contribution in [0.5, 0.6) is 0 Å². The van der Waals surface area contributed by atoms with E-state index in [0.717, 1.165) is 32.1 Å². The van der Waals surface area contributed by atoms with Gasteiger partial charge in [-0.2, -0.15) is 0 Å². The Balaban J connectivity index is 2.02. The summed E-state index contributed by atoms with van der Waals surface area (Å²) in [6.07, 6.45) is 6.11. The summed E-state index contributed by atoms with van der Waals surface area (Å²) in [7, 11) is 0. The first-order valence-electron chi connectivity index (χ1n) is 6.89. The molecule has 0 amide bonds. The van der Waals surface area contributed by atoms with E-state index < -0.39 is 11.8 Å². The molecule has 1 saturated heterocycles. The highest BCUT2D eigenvalue weighted by molar-refractivity contribution is 5.64. The Labute approximate surface area is 108 Å². The fourth-order valence-electron chi connectivity index (χ4n) is 3.02. The normalized spacial score (nSPS) is 31.4. The van der Waals surface area contributed by atoms with Gasteiger partial charge in [0, 0.05) is 31.7 Å². The van der Waals surface area contributed by atoms with E-state index in [1.165, 1.54) is 6.42 Å². The first-order valence-corrected chi connectivity index (χ1v) is 6.89. The van der Waals surface area contributed by atoms with Crippen LogP contribution in [0.3, 0.4) is 0 Å². The average molecular weight is 256 g/mol. The topological polar surface area (TPSA) is 84.6 Å². The molecular weight excluding hydrogens is 234 g/mol. The molecule has 1 spiro atoms. The van der Waals surface area contributed by atoms with Crippen molar-refractivity contribution in [2.75, 3.05) is 6.54 Å². The maximum absolute atomic E-state index is 10.7. The minimum Gasteiger partial charge on any atom is -0.550 e. The summed E-state index contributed by atoms with van der Waals surface area (Å²) in [5, 5.41) is 10.7. The number of hydrogen-bond donors (Lipinski definition) is 1. The Morgan fingerprint density at radius 1 is 1.22 bits per heavy atom. The number of carboxylic acid groups (broad SMARTS) is 1. The largest absolute Gasteiger partial charge is 0.550 e. The van der Waals surface area contributed by atoms with Gasteiger partial charge in [0.15, 0.2) is 5.79 Å². The summed E-state index contributed by atoms with van der Waals surface area (Å²) < 4.78 is 12.0. The molecule has 2 atom stereocenters. The van der Waals surface area contributed by atoms with Gasteiger partial charge in [0.05, 0.1) is 12.2 Å². The summed E-state index contributed by atoms with van der Waals surface area (Å²) in [5.41, 5.74) is 5.57. The third kappa shape index (κ3) is 3.43. The molecule has 2 rings (SSSR count). The van der Waals surface area contributed by atoms with Gasteiger partial charge in [-0.25, -0.2) is 0 Å². The van der Waals surface area contributed by atoms with Crippen molar-refractivity contribution >= 4 is 5.97 Å². The highest BCUT2D eigenvalue weighted by Gasteiger charge is 2.42. The van der Waals surface area contributed by atoms with Crippen molar-refractivity contribution in [3.63, 3.8) is 0 Å². The van der Waals surface area contributed by atoms with Crippen LogP contribution >= 0.6 is 0 Å². The zero-order chi connectivity index (χ0) is 13.0. The molecule has 1 heterocycles. The molecule has 18 heavy (non-hydrogen) atoms. The predicted molar refractivity (Wildman–Crippen MR) is 63.5 cm³/mol. The number of carbonyl (C=O) groups is 1. The molecule has 2 unspecified atom stereocenters. The van der Waals surface area contributed by atoms with Crippen LogP contribution in [0.25, 0.3) is 0 Å². The molecule has 0 aromatic carbocycles. The van der Waals surface area contributed by atoms with E-state index in [-0.39, 0.29) is 18.6 Å². The fraction of sp³-hybridized carbons (Fsp3) is 0.923. The molecule has 1 aliphatic heterocycles. The third-order valence-electron chi connectivity index (χ3n) is 3.79. The van der Waals surface area contributed by atoms with Crippen LogP contribution < -0.4 is 10.8 Å². The van der Waals surface area contributed by atoms with Gasteiger partial charge in [0.25, 0.3) is 0 Å². The third-order valence-corrected chi connectivity index (χ3v) is 3.79. The first kappa shape index (κ1) is 13.8. The summed E-state index contributed by atoms with van der Waals surface area (Å²) >= 11 is 0. The van der Waals surface area contributed by atoms with Crippen molar-refractivity contribution in [3.05, 3.63) is 0 Å². The van der Waals surface area contributed by atoms with Crippen molar-refractivity contribution in [1.29, 1.82) is 0 Å². The monoisotopic (exact) mass is 256 g/mol. The van der Waals surface area contributed by atoms with Gasteiger partial charge in [0.2, 0.25) is 0 Å². The number of carbonyl (C=O) groups excluding carboxylic acids is 1. The van der Waals surface area contributed by atoms with Gasteiger partial charge in [-0.15, -0.1) is 0 Å². The Hall–Kier alpha value is -0.650. The highest BCUT2D eigenvalue weighted by Crippen LogP contribution is 2.40. The van der Waals surface area contributed by atoms with E-state index in [0.29, 0.717) is 13.0 Å². The minimum atomic E-state index is -1.06. The van der Waals surface area contributed by atoms with Crippen molar-refractivity contribution in [3.8, 4) is 0 Å². The molecule has 104 valence electrons. The summed E-state index contributed by atoms with van der Waals surface area (Å²) in [6.45, 7) is 0.554. The van der Waals surface area contributed by atoms with E-state index in [1.807, 2.05) is 0 Å². The molecule has 5 heteroatoms. The number of rotatable bonds is 4. The Morgan fingerprint density at radius 2 is 1.89 bits per heavy atom. The molecule has 5 nitrogen and oxygen atoms in total. The maximum atomic E-state index is 10.7. The van der Waals surface area contributed by atoms with Crippen LogP contribution in [0.2, 0.25) is 0 Å². The van der Waals surface area contributed by atoms with Crippen molar-refractivity contribution in [1.82, 2.24) is 0 Å². The van der Waals surface area contributed by atoms with Gasteiger partial charge in [-0.05, 0) is 25.8 Å². The number of carboxylic acids is 1. The molecule has 2 N–H and O–H groups in total. The van der Waals surface area contributed by atoms with Gasteiger partial charge in [-0.1, -0.05) is 6.42 Å². The molecular formula is C13H22NO4-. The molecule has 0 aromatic rings. The smallest absolute Gasteiger partial charge is 0.169 e. The maximum Gasteiger partial charge on any atom is 0.169 e. The van der Waals surface area contributed by atoms with Crippen LogP contribution in [-0.4, -0.2) is 30.5 Å². The average Bonchev–Trinajstić information content (AvgIpc) is 2.28.